The SMILES string of the molecule is COc1cccc(CC2CCCN2Cc2cc(=O)n3ccccc3n2)c1. The lowest BCUT2D eigenvalue weighted by Gasteiger charge is -2.24. The van der Waals surface area contributed by atoms with Gasteiger partial charge in [-0.3, -0.25) is 14.1 Å². The van der Waals surface area contributed by atoms with Crippen LogP contribution in [0.2, 0.25) is 0 Å². The van der Waals surface area contributed by atoms with Crippen molar-refractivity contribution in [1.29, 1.82) is 0 Å². The van der Waals surface area contributed by atoms with E-state index >= 15 is 0 Å². The number of ether oxygens (including phenoxy) is 1. The number of fused-ring (bicyclic) bond motifs is 1. The van der Waals surface area contributed by atoms with Gasteiger partial charge in [0.25, 0.3) is 5.56 Å². The van der Waals surface area contributed by atoms with E-state index < -0.39 is 0 Å². The van der Waals surface area contributed by atoms with Gasteiger partial charge in [0.2, 0.25) is 0 Å². The van der Waals surface area contributed by atoms with Crippen LogP contribution in [0.15, 0.2) is 59.5 Å². The fourth-order valence-corrected chi connectivity index (χ4v) is 3.80. The Kier molecular flexibility index (Phi) is 4.71. The van der Waals surface area contributed by atoms with Crippen molar-refractivity contribution >= 4 is 5.65 Å². The molecule has 3 aromatic rings. The van der Waals surface area contributed by atoms with Crippen molar-refractivity contribution in [3.63, 3.8) is 0 Å². The molecule has 1 aromatic carbocycles. The molecule has 0 amide bonds. The Balaban J connectivity index is 1.53. The van der Waals surface area contributed by atoms with Gasteiger partial charge in [0.1, 0.15) is 11.4 Å². The van der Waals surface area contributed by atoms with E-state index in [1.54, 1.807) is 23.8 Å². The van der Waals surface area contributed by atoms with Crippen molar-refractivity contribution in [1.82, 2.24) is 14.3 Å². The predicted molar refractivity (Wildman–Crippen MR) is 102 cm³/mol. The second-order valence-corrected chi connectivity index (χ2v) is 6.84. The van der Waals surface area contributed by atoms with Crippen molar-refractivity contribution in [2.75, 3.05) is 13.7 Å². The van der Waals surface area contributed by atoms with Crippen molar-refractivity contribution < 1.29 is 4.74 Å². The second kappa shape index (κ2) is 7.30. The van der Waals surface area contributed by atoms with E-state index in [0.717, 1.165) is 31.0 Å². The smallest absolute Gasteiger partial charge is 0.258 e. The Morgan fingerprint density at radius 2 is 2.12 bits per heavy atom. The lowest BCUT2D eigenvalue weighted by atomic mass is 10.0. The minimum atomic E-state index is -0.0193. The summed E-state index contributed by atoms with van der Waals surface area (Å²) in [6, 6.07) is 16.0. The van der Waals surface area contributed by atoms with Crippen LogP contribution in [-0.2, 0) is 13.0 Å². The molecule has 0 aliphatic carbocycles. The highest BCUT2D eigenvalue weighted by molar-refractivity contribution is 5.38. The first-order valence-electron chi connectivity index (χ1n) is 9.07. The second-order valence-electron chi connectivity index (χ2n) is 6.84. The molecule has 1 aliphatic heterocycles. The molecule has 1 atom stereocenters. The Hall–Kier alpha value is -2.66. The lowest BCUT2D eigenvalue weighted by molar-refractivity contribution is 0.241. The molecule has 1 saturated heterocycles. The van der Waals surface area contributed by atoms with E-state index in [1.165, 1.54) is 18.4 Å². The Bertz CT molecular complexity index is 967. The molecule has 1 fully saturated rings. The van der Waals surface area contributed by atoms with Crippen LogP contribution in [0.5, 0.6) is 5.75 Å². The van der Waals surface area contributed by atoms with E-state index in [2.05, 4.69) is 22.0 Å². The number of pyridine rings is 1. The molecule has 4 rings (SSSR count). The van der Waals surface area contributed by atoms with Crippen molar-refractivity contribution in [3.05, 3.63) is 76.3 Å². The van der Waals surface area contributed by atoms with Gasteiger partial charge in [-0.05, 0) is 55.6 Å². The molecule has 134 valence electrons. The van der Waals surface area contributed by atoms with Crippen LogP contribution in [-0.4, -0.2) is 34.0 Å². The monoisotopic (exact) mass is 349 g/mol. The summed E-state index contributed by atoms with van der Waals surface area (Å²) < 4.78 is 6.92. The summed E-state index contributed by atoms with van der Waals surface area (Å²) >= 11 is 0. The van der Waals surface area contributed by atoms with Gasteiger partial charge >= 0.3 is 0 Å². The summed E-state index contributed by atoms with van der Waals surface area (Å²) in [5.41, 5.74) is 2.82. The topological polar surface area (TPSA) is 46.8 Å². The predicted octanol–water partition coefficient (Wildman–Crippen LogP) is 2.91. The van der Waals surface area contributed by atoms with Gasteiger partial charge in [-0.1, -0.05) is 18.2 Å². The van der Waals surface area contributed by atoms with Crippen LogP contribution in [0.1, 0.15) is 24.1 Å². The molecule has 5 nitrogen and oxygen atoms in total. The molecule has 0 N–H and O–H groups in total. The van der Waals surface area contributed by atoms with Crippen molar-refractivity contribution in [3.8, 4) is 5.75 Å². The zero-order chi connectivity index (χ0) is 17.9. The van der Waals surface area contributed by atoms with Crippen molar-refractivity contribution in [2.45, 2.75) is 31.8 Å². The van der Waals surface area contributed by atoms with Gasteiger partial charge in [-0.15, -0.1) is 0 Å². The molecule has 1 aliphatic rings. The van der Waals surface area contributed by atoms with E-state index in [0.29, 0.717) is 11.7 Å². The fraction of sp³-hybridized carbons (Fsp3) is 0.333. The van der Waals surface area contributed by atoms with Gasteiger partial charge in [0.15, 0.2) is 0 Å². The Labute approximate surface area is 152 Å². The van der Waals surface area contributed by atoms with Crippen LogP contribution < -0.4 is 10.3 Å². The van der Waals surface area contributed by atoms with Crippen molar-refractivity contribution in [2.24, 2.45) is 0 Å². The maximum absolute atomic E-state index is 12.3. The van der Waals surface area contributed by atoms with E-state index in [9.17, 15) is 4.79 Å². The minimum absolute atomic E-state index is 0.0193. The molecule has 1 unspecified atom stereocenters. The molecule has 2 aromatic heterocycles. The standard InChI is InChI=1S/C21H23N3O2/c1-26-19-8-4-6-16(13-19)12-18-7-5-10-23(18)15-17-14-21(25)24-11-3-2-9-20(24)22-17/h2-4,6,8-9,11,13-14,18H,5,7,10,12,15H2,1H3. The molecule has 0 bridgehead atoms. The molecule has 26 heavy (non-hydrogen) atoms. The van der Waals surface area contributed by atoms with Crippen LogP contribution >= 0.6 is 0 Å². The third-order valence-corrected chi connectivity index (χ3v) is 5.09. The van der Waals surface area contributed by atoms with E-state index in [-0.39, 0.29) is 5.56 Å². The molecule has 0 radical (unpaired) electrons. The highest BCUT2D eigenvalue weighted by Crippen LogP contribution is 2.24. The van der Waals surface area contributed by atoms with Gasteiger partial charge < -0.3 is 4.74 Å². The molecular formula is C21H23N3O2. The number of benzene rings is 1. The summed E-state index contributed by atoms with van der Waals surface area (Å²) in [4.78, 5) is 19.4. The zero-order valence-corrected chi connectivity index (χ0v) is 15.0. The summed E-state index contributed by atoms with van der Waals surface area (Å²) in [6.45, 7) is 1.76. The molecular weight excluding hydrogens is 326 g/mol. The molecule has 3 heterocycles. The van der Waals surface area contributed by atoms with E-state index in [1.807, 2.05) is 30.3 Å². The number of methoxy groups -OCH3 is 1. The lowest BCUT2D eigenvalue weighted by Crippen LogP contribution is -2.31. The van der Waals surface area contributed by atoms with Crippen LogP contribution in [0.3, 0.4) is 0 Å². The Morgan fingerprint density at radius 3 is 3.00 bits per heavy atom. The minimum Gasteiger partial charge on any atom is -0.497 e. The number of rotatable bonds is 5. The summed E-state index contributed by atoms with van der Waals surface area (Å²) in [5.74, 6) is 0.899. The fourth-order valence-electron chi connectivity index (χ4n) is 3.80. The van der Waals surface area contributed by atoms with Crippen LogP contribution in [0.4, 0.5) is 0 Å². The number of hydrogen-bond donors (Lipinski definition) is 0. The highest BCUT2D eigenvalue weighted by Gasteiger charge is 2.25. The normalized spacial score (nSPS) is 17.7. The largest absolute Gasteiger partial charge is 0.497 e. The maximum atomic E-state index is 12.3. The number of likely N-dealkylation sites (tertiary alicyclic amines) is 1. The quantitative estimate of drug-likeness (QED) is 0.711. The zero-order valence-electron chi connectivity index (χ0n) is 15.0. The Morgan fingerprint density at radius 1 is 1.19 bits per heavy atom. The van der Waals surface area contributed by atoms with Gasteiger partial charge in [0.05, 0.1) is 12.8 Å². The summed E-state index contributed by atoms with van der Waals surface area (Å²) in [7, 11) is 1.70. The third kappa shape index (κ3) is 3.48. The highest BCUT2D eigenvalue weighted by atomic mass is 16.5. The van der Waals surface area contributed by atoms with E-state index in [4.69, 9.17) is 4.74 Å². The number of hydrogen-bond acceptors (Lipinski definition) is 4. The molecule has 0 spiro atoms. The molecule has 5 heteroatoms. The van der Waals surface area contributed by atoms with Crippen LogP contribution in [0.25, 0.3) is 5.65 Å². The summed E-state index contributed by atoms with van der Waals surface area (Å²) in [6.07, 6.45) is 5.10. The first kappa shape index (κ1) is 16.8. The third-order valence-electron chi connectivity index (χ3n) is 5.09. The first-order valence-corrected chi connectivity index (χ1v) is 9.07. The van der Waals surface area contributed by atoms with Gasteiger partial charge in [0, 0.05) is 24.8 Å². The summed E-state index contributed by atoms with van der Waals surface area (Å²) in [5, 5.41) is 0. The maximum Gasteiger partial charge on any atom is 0.258 e. The molecule has 0 saturated carbocycles. The average molecular weight is 349 g/mol. The van der Waals surface area contributed by atoms with Crippen LogP contribution in [0, 0.1) is 0 Å². The first-order chi connectivity index (χ1) is 12.7. The van der Waals surface area contributed by atoms with Gasteiger partial charge in [-0.2, -0.15) is 0 Å². The number of aromatic nitrogens is 2. The van der Waals surface area contributed by atoms with Gasteiger partial charge in [-0.25, -0.2) is 4.98 Å². The average Bonchev–Trinajstić information content (AvgIpc) is 3.08. The number of nitrogens with zero attached hydrogens (tertiary/aromatic N) is 3.